The lowest BCUT2D eigenvalue weighted by molar-refractivity contribution is 0.135. The zero-order valence-electron chi connectivity index (χ0n) is 11.8. The molecule has 1 fully saturated rings. The van der Waals surface area contributed by atoms with E-state index in [0.717, 1.165) is 13.1 Å². The minimum atomic E-state index is -3.49. The Morgan fingerprint density at radius 2 is 2.25 bits per heavy atom. The van der Waals surface area contributed by atoms with Gasteiger partial charge >= 0.3 is 0 Å². The first-order chi connectivity index (χ1) is 9.48. The van der Waals surface area contributed by atoms with Crippen LogP contribution in [0.4, 0.5) is 5.82 Å². The quantitative estimate of drug-likeness (QED) is 0.604. The van der Waals surface area contributed by atoms with Crippen LogP contribution in [-0.2, 0) is 10.0 Å². The van der Waals surface area contributed by atoms with Crippen molar-refractivity contribution in [2.24, 2.45) is 5.84 Å². The molecular weight excluding hydrogens is 278 g/mol. The van der Waals surface area contributed by atoms with Gasteiger partial charge in [0, 0.05) is 37.9 Å². The monoisotopic (exact) mass is 299 g/mol. The Balaban J connectivity index is 2.22. The molecule has 1 atom stereocenters. The van der Waals surface area contributed by atoms with E-state index in [2.05, 4.69) is 22.2 Å². The maximum atomic E-state index is 12.6. The number of hydrazine groups is 1. The second-order valence-corrected chi connectivity index (χ2v) is 6.80. The molecule has 0 amide bonds. The number of aromatic nitrogens is 1. The van der Waals surface area contributed by atoms with Crippen LogP contribution < -0.4 is 11.3 Å². The van der Waals surface area contributed by atoms with Crippen LogP contribution in [0, 0.1) is 0 Å². The van der Waals surface area contributed by atoms with Crippen molar-refractivity contribution in [1.29, 1.82) is 0 Å². The van der Waals surface area contributed by atoms with Crippen molar-refractivity contribution in [1.82, 2.24) is 14.2 Å². The highest BCUT2D eigenvalue weighted by atomic mass is 32.2. The van der Waals surface area contributed by atoms with Crippen LogP contribution in [-0.4, -0.2) is 54.8 Å². The molecule has 0 aromatic carbocycles. The van der Waals surface area contributed by atoms with Gasteiger partial charge in [0.2, 0.25) is 10.0 Å². The summed E-state index contributed by atoms with van der Waals surface area (Å²) < 4.78 is 26.7. The molecule has 0 saturated carbocycles. The predicted octanol–water partition coefficient (Wildman–Crippen LogP) is 0.0819. The van der Waals surface area contributed by atoms with E-state index >= 15 is 0 Å². The summed E-state index contributed by atoms with van der Waals surface area (Å²) in [4.78, 5) is 6.42. The van der Waals surface area contributed by atoms with Gasteiger partial charge in [-0.3, -0.25) is 4.90 Å². The molecule has 1 aliphatic rings. The molecule has 7 nitrogen and oxygen atoms in total. The van der Waals surface area contributed by atoms with Crippen LogP contribution in [0.25, 0.3) is 0 Å². The highest BCUT2D eigenvalue weighted by molar-refractivity contribution is 7.89. The average Bonchev–Trinajstić information content (AvgIpc) is 2.47. The van der Waals surface area contributed by atoms with Crippen LogP contribution >= 0.6 is 0 Å². The molecule has 1 aliphatic heterocycles. The summed E-state index contributed by atoms with van der Waals surface area (Å²) in [6.45, 7) is 6.83. The number of rotatable bonds is 4. The third kappa shape index (κ3) is 2.93. The lowest BCUT2D eigenvalue weighted by atomic mass is 10.2. The van der Waals surface area contributed by atoms with E-state index in [-0.39, 0.29) is 10.9 Å². The molecule has 112 valence electrons. The fourth-order valence-corrected chi connectivity index (χ4v) is 3.98. The lowest BCUT2D eigenvalue weighted by Gasteiger charge is -2.38. The maximum Gasteiger partial charge on any atom is 0.243 e. The van der Waals surface area contributed by atoms with Gasteiger partial charge in [0.1, 0.15) is 5.82 Å². The molecule has 0 aliphatic carbocycles. The Morgan fingerprint density at radius 3 is 2.85 bits per heavy atom. The molecule has 1 saturated heterocycles. The smallest absolute Gasteiger partial charge is 0.243 e. The minimum absolute atomic E-state index is 0.220. The first-order valence-electron chi connectivity index (χ1n) is 6.66. The first-order valence-corrected chi connectivity index (χ1v) is 8.10. The number of piperazine rings is 1. The molecule has 0 spiro atoms. The Morgan fingerprint density at radius 1 is 1.50 bits per heavy atom. The molecule has 1 aromatic heterocycles. The summed E-state index contributed by atoms with van der Waals surface area (Å²) in [6.07, 6.45) is 1.44. The Labute approximate surface area is 119 Å². The van der Waals surface area contributed by atoms with Crippen molar-refractivity contribution in [3.05, 3.63) is 18.3 Å². The lowest BCUT2D eigenvalue weighted by Crippen LogP contribution is -2.53. The molecule has 0 radical (unpaired) electrons. The van der Waals surface area contributed by atoms with Crippen LogP contribution in [0.15, 0.2) is 23.2 Å². The van der Waals surface area contributed by atoms with Crippen molar-refractivity contribution in [2.45, 2.75) is 24.8 Å². The summed E-state index contributed by atoms with van der Waals surface area (Å²) in [6, 6.07) is 3.16. The summed E-state index contributed by atoms with van der Waals surface area (Å²) >= 11 is 0. The Hall–Kier alpha value is -1.22. The fourth-order valence-electron chi connectivity index (χ4n) is 2.45. The van der Waals surface area contributed by atoms with E-state index in [1.807, 2.05) is 6.92 Å². The molecule has 2 heterocycles. The second-order valence-electron chi connectivity index (χ2n) is 4.86. The largest absolute Gasteiger partial charge is 0.308 e. The van der Waals surface area contributed by atoms with Gasteiger partial charge in [0.15, 0.2) is 0 Å². The molecule has 2 rings (SSSR count). The molecule has 0 bridgehead atoms. The minimum Gasteiger partial charge on any atom is -0.308 e. The number of nitrogen functional groups attached to an aromatic ring is 1. The SMILES string of the molecule is CCN1CCN(S(=O)(=O)c2ccnc(NN)c2)CC1C. The topological polar surface area (TPSA) is 91.6 Å². The molecule has 8 heteroatoms. The second kappa shape index (κ2) is 6.04. The average molecular weight is 299 g/mol. The van der Waals surface area contributed by atoms with E-state index in [1.165, 1.54) is 22.6 Å². The van der Waals surface area contributed by atoms with Crippen molar-refractivity contribution >= 4 is 15.8 Å². The number of hydrogen-bond donors (Lipinski definition) is 2. The third-order valence-electron chi connectivity index (χ3n) is 3.65. The van der Waals surface area contributed by atoms with Gasteiger partial charge in [-0.15, -0.1) is 0 Å². The molecule has 1 aromatic rings. The van der Waals surface area contributed by atoms with E-state index in [0.29, 0.717) is 18.9 Å². The summed E-state index contributed by atoms with van der Waals surface area (Å²) in [5, 5.41) is 0. The van der Waals surface area contributed by atoms with Crippen molar-refractivity contribution in [3.8, 4) is 0 Å². The molecule has 3 N–H and O–H groups in total. The standard InChI is InChI=1S/C12H21N5O2S/c1-3-16-6-7-17(9-10(16)2)20(18,19)11-4-5-14-12(8-11)15-13/h4-5,8,10H,3,6-7,9,13H2,1-2H3,(H,14,15). The Bertz CT molecular complexity index is 563. The first kappa shape index (κ1) is 15.2. The highest BCUT2D eigenvalue weighted by Crippen LogP contribution is 2.21. The number of nitrogens with zero attached hydrogens (tertiary/aromatic N) is 3. The number of likely N-dealkylation sites (N-methyl/N-ethyl adjacent to an activating group) is 1. The molecular formula is C12H21N5O2S. The summed E-state index contributed by atoms with van der Waals surface area (Å²) in [7, 11) is -3.49. The van der Waals surface area contributed by atoms with Gasteiger partial charge in [-0.1, -0.05) is 6.92 Å². The van der Waals surface area contributed by atoms with Gasteiger partial charge in [0.05, 0.1) is 4.90 Å². The van der Waals surface area contributed by atoms with Crippen LogP contribution in [0.5, 0.6) is 0 Å². The van der Waals surface area contributed by atoms with E-state index in [9.17, 15) is 8.42 Å². The zero-order valence-corrected chi connectivity index (χ0v) is 12.6. The Kier molecular flexibility index (Phi) is 4.59. The fraction of sp³-hybridized carbons (Fsp3) is 0.583. The van der Waals surface area contributed by atoms with E-state index < -0.39 is 10.0 Å². The van der Waals surface area contributed by atoms with Crippen LogP contribution in [0.2, 0.25) is 0 Å². The van der Waals surface area contributed by atoms with Gasteiger partial charge in [-0.05, 0) is 19.5 Å². The van der Waals surface area contributed by atoms with E-state index in [1.54, 1.807) is 0 Å². The third-order valence-corrected chi connectivity index (χ3v) is 5.51. The number of anilines is 1. The summed E-state index contributed by atoms with van der Waals surface area (Å²) in [5.74, 6) is 5.61. The number of pyridine rings is 1. The zero-order chi connectivity index (χ0) is 14.8. The highest BCUT2D eigenvalue weighted by Gasteiger charge is 2.31. The normalized spacial score (nSPS) is 21.9. The molecule has 1 unspecified atom stereocenters. The van der Waals surface area contributed by atoms with Gasteiger partial charge in [-0.25, -0.2) is 19.2 Å². The van der Waals surface area contributed by atoms with Crippen molar-refractivity contribution in [2.75, 3.05) is 31.6 Å². The summed E-state index contributed by atoms with van der Waals surface area (Å²) in [5.41, 5.74) is 2.37. The van der Waals surface area contributed by atoms with Crippen molar-refractivity contribution < 1.29 is 8.42 Å². The molecule has 20 heavy (non-hydrogen) atoms. The predicted molar refractivity (Wildman–Crippen MR) is 77.5 cm³/mol. The number of nitrogens with two attached hydrogens (primary N) is 1. The van der Waals surface area contributed by atoms with Crippen molar-refractivity contribution in [3.63, 3.8) is 0 Å². The number of hydrogen-bond acceptors (Lipinski definition) is 6. The van der Waals surface area contributed by atoms with Gasteiger partial charge in [-0.2, -0.15) is 4.31 Å². The van der Waals surface area contributed by atoms with Crippen LogP contribution in [0.3, 0.4) is 0 Å². The van der Waals surface area contributed by atoms with Gasteiger partial charge in [0.25, 0.3) is 0 Å². The number of sulfonamides is 1. The number of nitrogens with one attached hydrogen (secondary N) is 1. The van der Waals surface area contributed by atoms with E-state index in [4.69, 9.17) is 5.84 Å². The maximum absolute atomic E-state index is 12.6. The van der Waals surface area contributed by atoms with Crippen LogP contribution in [0.1, 0.15) is 13.8 Å². The van der Waals surface area contributed by atoms with Gasteiger partial charge < -0.3 is 5.43 Å².